The molecule has 8 aliphatic rings. The number of rotatable bonds is 4. The van der Waals surface area contributed by atoms with Crippen molar-refractivity contribution in [2.75, 3.05) is 0 Å². The van der Waals surface area contributed by atoms with E-state index >= 15 is 0 Å². The first-order valence-corrected chi connectivity index (χ1v) is 20.8. The van der Waals surface area contributed by atoms with E-state index in [1.807, 2.05) is 0 Å². The molecular weight excluding hydrogens is 504 g/mol. The third kappa shape index (κ3) is 5.41. The van der Waals surface area contributed by atoms with Crippen molar-refractivity contribution in [1.29, 1.82) is 0 Å². The zero-order valence-electron chi connectivity index (χ0n) is 28.0. The van der Waals surface area contributed by atoms with Crippen molar-refractivity contribution in [2.24, 2.45) is 88.8 Å². The highest BCUT2D eigenvalue weighted by Gasteiger charge is 2.57. The predicted molar refractivity (Wildman–Crippen MR) is 178 cm³/mol. The zero-order chi connectivity index (χ0) is 28.0. The van der Waals surface area contributed by atoms with Crippen molar-refractivity contribution in [3.63, 3.8) is 0 Å². The van der Waals surface area contributed by atoms with Crippen molar-refractivity contribution in [3.05, 3.63) is 0 Å². The first kappa shape index (κ1) is 29.4. The maximum Gasteiger partial charge on any atom is -0.0321 e. The molecule has 8 saturated carbocycles. The quantitative estimate of drug-likeness (QED) is 0.313. The Morgan fingerprint density at radius 1 is 0.333 bits per heavy atom. The Labute approximate surface area is 262 Å². The summed E-state index contributed by atoms with van der Waals surface area (Å²) in [6.45, 7) is 2.79. The van der Waals surface area contributed by atoms with E-state index in [1.165, 1.54) is 0 Å². The number of fused-ring (bicyclic) bond motifs is 4. The van der Waals surface area contributed by atoms with E-state index in [4.69, 9.17) is 0 Å². The smallest absolute Gasteiger partial charge is 0.0321 e. The summed E-state index contributed by atoms with van der Waals surface area (Å²) in [6.07, 6.45) is 41.5. The first-order chi connectivity index (χ1) is 20.8. The molecule has 42 heavy (non-hydrogen) atoms. The Balaban J connectivity index is 1.10. The van der Waals surface area contributed by atoms with E-state index in [2.05, 4.69) is 6.92 Å². The van der Waals surface area contributed by atoms with Gasteiger partial charge in [-0.3, -0.25) is 0 Å². The molecule has 0 heteroatoms. The van der Waals surface area contributed by atoms with Crippen molar-refractivity contribution in [1.82, 2.24) is 0 Å². The molecule has 0 bridgehead atoms. The lowest BCUT2D eigenvalue weighted by atomic mass is 9.43. The van der Waals surface area contributed by atoms with Crippen molar-refractivity contribution in [3.8, 4) is 0 Å². The summed E-state index contributed by atoms with van der Waals surface area (Å²) in [4.78, 5) is 0. The van der Waals surface area contributed by atoms with Gasteiger partial charge in [0.1, 0.15) is 0 Å². The molecule has 238 valence electrons. The van der Waals surface area contributed by atoms with Gasteiger partial charge in [-0.15, -0.1) is 0 Å². The van der Waals surface area contributed by atoms with Crippen molar-refractivity contribution >= 4 is 0 Å². The van der Waals surface area contributed by atoms with E-state index in [1.54, 1.807) is 167 Å². The normalized spacial score (nSPS) is 50.6. The first-order valence-electron chi connectivity index (χ1n) is 20.8. The molecule has 0 heterocycles. The second kappa shape index (κ2) is 13.0. The molecule has 0 radical (unpaired) electrons. The average Bonchev–Trinajstić information content (AvgIpc) is 3.05. The van der Waals surface area contributed by atoms with E-state index in [-0.39, 0.29) is 0 Å². The van der Waals surface area contributed by atoms with Gasteiger partial charge in [-0.1, -0.05) is 135 Å². The van der Waals surface area contributed by atoms with E-state index in [9.17, 15) is 0 Å². The maximum absolute atomic E-state index is 2.79. The fraction of sp³-hybridized carbons (Fsp3) is 1.00. The summed E-state index contributed by atoms with van der Waals surface area (Å²) in [5.41, 5.74) is 0. The molecule has 0 aromatic rings. The second-order valence-electron chi connectivity index (χ2n) is 18.6. The minimum atomic E-state index is 1.04. The Kier molecular flexibility index (Phi) is 9.11. The van der Waals surface area contributed by atoms with Gasteiger partial charge in [0.05, 0.1) is 0 Å². The van der Waals surface area contributed by atoms with Gasteiger partial charge >= 0.3 is 0 Å². The van der Waals surface area contributed by atoms with E-state index < -0.39 is 0 Å². The van der Waals surface area contributed by atoms with E-state index in [0.29, 0.717) is 0 Å². The minimum Gasteiger partial charge on any atom is -0.0619 e. The van der Waals surface area contributed by atoms with Crippen molar-refractivity contribution < 1.29 is 0 Å². The summed E-state index contributed by atoms with van der Waals surface area (Å²) < 4.78 is 0. The molecule has 0 aromatic carbocycles. The van der Waals surface area contributed by atoms with Crippen LogP contribution in [-0.4, -0.2) is 0 Å². The predicted octanol–water partition coefficient (Wildman–Crippen LogP) is 12.5. The summed E-state index contributed by atoms with van der Waals surface area (Å²) in [5, 5.41) is 0. The van der Waals surface area contributed by atoms with Crippen LogP contribution in [0.4, 0.5) is 0 Å². The van der Waals surface area contributed by atoms with E-state index in [0.717, 1.165) is 88.8 Å². The summed E-state index contributed by atoms with van der Waals surface area (Å²) in [6, 6.07) is 0. The van der Waals surface area contributed by atoms with Crippen LogP contribution in [-0.2, 0) is 0 Å². The molecule has 0 aromatic heterocycles. The molecule has 0 saturated heterocycles. The average molecular weight is 575 g/mol. The highest BCUT2D eigenvalue weighted by atomic mass is 14.6. The van der Waals surface area contributed by atoms with Gasteiger partial charge in [0.15, 0.2) is 0 Å². The Morgan fingerprint density at radius 2 is 0.810 bits per heavy atom. The molecule has 0 amide bonds. The van der Waals surface area contributed by atoms with Crippen LogP contribution in [0, 0.1) is 88.8 Å². The molecular formula is C42H70. The molecule has 8 rings (SSSR count). The largest absolute Gasteiger partial charge is 0.0619 e. The van der Waals surface area contributed by atoms with Crippen molar-refractivity contribution in [2.45, 2.75) is 174 Å². The van der Waals surface area contributed by atoms with Crippen LogP contribution < -0.4 is 0 Å². The molecule has 13 unspecified atom stereocenters. The minimum absolute atomic E-state index is 1.04. The van der Waals surface area contributed by atoms with Crippen LogP contribution in [0.5, 0.6) is 0 Å². The second-order valence-corrected chi connectivity index (χ2v) is 18.6. The molecule has 13 atom stereocenters. The molecule has 0 aliphatic heterocycles. The zero-order valence-corrected chi connectivity index (χ0v) is 28.0. The van der Waals surface area contributed by atoms with Crippen LogP contribution in [0.3, 0.4) is 0 Å². The Bertz CT molecular complexity index is 861. The van der Waals surface area contributed by atoms with Gasteiger partial charge in [-0.2, -0.15) is 0 Å². The van der Waals surface area contributed by atoms with Gasteiger partial charge in [0.25, 0.3) is 0 Å². The molecule has 0 nitrogen and oxygen atoms in total. The monoisotopic (exact) mass is 575 g/mol. The van der Waals surface area contributed by atoms with Gasteiger partial charge < -0.3 is 0 Å². The summed E-state index contributed by atoms with van der Waals surface area (Å²) >= 11 is 0. The number of hydrogen-bond acceptors (Lipinski definition) is 0. The standard InChI is InChI=1S/C42H70/c1-28-35-22-9-8-18-31(35)26-32-19-12-20-33(39(28)32)27-34-21-13-25-38-40(29-14-4-2-5-15-29)36-23-10-11-24-37(36)41(42(34)38)30-16-6-3-7-17-30/h28-42H,2-27H2,1H3. The summed E-state index contributed by atoms with van der Waals surface area (Å²) in [5.74, 6) is 16.7. The lowest BCUT2D eigenvalue weighted by Crippen LogP contribution is -2.56. The van der Waals surface area contributed by atoms with Crippen LogP contribution in [0.15, 0.2) is 0 Å². The molecule has 8 fully saturated rings. The van der Waals surface area contributed by atoms with Crippen LogP contribution in [0.2, 0.25) is 0 Å². The number of hydrogen-bond donors (Lipinski definition) is 0. The molecule has 8 aliphatic carbocycles. The molecule has 0 spiro atoms. The topological polar surface area (TPSA) is 0 Å². The Hall–Kier alpha value is 0. The third-order valence-corrected chi connectivity index (χ3v) is 17.0. The fourth-order valence-corrected chi connectivity index (χ4v) is 15.9. The lowest BCUT2D eigenvalue weighted by Gasteiger charge is -2.62. The highest BCUT2D eigenvalue weighted by Crippen LogP contribution is 2.65. The van der Waals surface area contributed by atoms with Gasteiger partial charge in [0.2, 0.25) is 0 Å². The highest BCUT2D eigenvalue weighted by molar-refractivity contribution is 5.06. The maximum atomic E-state index is 2.79. The van der Waals surface area contributed by atoms with Crippen LogP contribution in [0.1, 0.15) is 174 Å². The third-order valence-electron chi connectivity index (χ3n) is 17.0. The molecule has 0 N–H and O–H groups in total. The van der Waals surface area contributed by atoms with Gasteiger partial charge in [0, 0.05) is 0 Å². The van der Waals surface area contributed by atoms with Crippen LogP contribution >= 0.6 is 0 Å². The SMILES string of the molecule is CC1C2CCCCC2CC2CCCC(CC3CCCC4C(C5CCCCC5)C5CCCCC5C(C5CCCCC5)C34)C21. The lowest BCUT2D eigenvalue weighted by molar-refractivity contribution is -0.138. The van der Waals surface area contributed by atoms with Gasteiger partial charge in [-0.05, 0) is 127 Å². The fourth-order valence-electron chi connectivity index (χ4n) is 15.9. The summed E-state index contributed by atoms with van der Waals surface area (Å²) in [7, 11) is 0. The Morgan fingerprint density at radius 3 is 1.52 bits per heavy atom. The van der Waals surface area contributed by atoms with Crippen LogP contribution in [0.25, 0.3) is 0 Å². The van der Waals surface area contributed by atoms with Gasteiger partial charge in [-0.25, -0.2) is 0 Å².